The van der Waals surface area contributed by atoms with Crippen LogP contribution in [0.4, 0.5) is 0 Å². The first kappa shape index (κ1) is 13.9. The normalized spacial score (nSPS) is 9.00. The fourth-order valence-corrected chi connectivity index (χ4v) is 1.22. The van der Waals surface area contributed by atoms with E-state index in [1.807, 2.05) is 32.0 Å². The number of hydrogen-bond acceptors (Lipinski definition) is 1. The van der Waals surface area contributed by atoms with Gasteiger partial charge in [0.1, 0.15) is 5.78 Å². The zero-order valence-electron chi connectivity index (χ0n) is 10.1. The molecule has 0 saturated heterocycles. The van der Waals surface area contributed by atoms with E-state index in [9.17, 15) is 4.79 Å². The van der Waals surface area contributed by atoms with Crippen molar-refractivity contribution in [1.82, 2.24) is 0 Å². The summed E-state index contributed by atoms with van der Waals surface area (Å²) < 4.78 is 0. The Bertz CT molecular complexity index is 243. The van der Waals surface area contributed by atoms with E-state index in [4.69, 9.17) is 0 Å². The molecular formula is C14H22O. The minimum Gasteiger partial charge on any atom is -0.300 e. The lowest BCUT2D eigenvalue weighted by Gasteiger charge is -1.91. The van der Waals surface area contributed by atoms with Crippen LogP contribution in [0.1, 0.15) is 45.1 Å². The molecule has 84 valence electrons. The highest BCUT2D eigenvalue weighted by Crippen LogP contribution is 1.95. The summed E-state index contributed by atoms with van der Waals surface area (Å²) in [4.78, 5) is 10.6. The molecule has 0 atom stereocenters. The second-order valence-electron chi connectivity index (χ2n) is 3.69. The molecule has 0 radical (unpaired) electrons. The van der Waals surface area contributed by atoms with Crippen LogP contribution in [0.15, 0.2) is 30.3 Å². The molecule has 0 spiro atoms. The summed E-state index contributed by atoms with van der Waals surface area (Å²) in [6.07, 6.45) is 3.54. The van der Waals surface area contributed by atoms with Crippen molar-refractivity contribution in [2.45, 2.75) is 46.5 Å². The van der Waals surface area contributed by atoms with Crippen molar-refractivity contribution < 1.29 is 4.79 Å². The van der Waals surface area contributed by atoms with Crippen LogP contribution in [-0.2, 0) is 4.79 Å². The molecule has 0 aromatic heterocycles. The van der Waals surface area contributed by atoms with Gasteiger partial charge in [0.25, 0.3) is 0 Å². The molecule has 0 fully saturated rings. The molecule has 1 heteroatoms. The molecule has 15 heavy (non-hydrogen) atoms. The Balaban J connectivity index is 0.000000262. The lowest BCUT2D eigenvalue weighted by Crippen LogP contribution is -1.93. The lowest BCUT2D eigenvalue weighted by molar-refractivity contribution is -0.119. The fraction of sp³-hybridized carbons (Fsp3) is 0.500. The third-order valence-electron chi connectivity index (χ3n) is 2.00. The van der Waals surface area contributed by atoms with E-state index in [0.29, 0.717) is 5.78 Å². The van der Waals surface area contributed by atoms with Gasteiger partial charge in [-0.25, -0.2) is 0 Å². The summed E-state index contributed by atoms with van der Waals surface area (Å²) in [7, 11) is 0. The van der Waals surface area contributed by atoms with E-state index >= 15 is 0 Å². The van der Waals surface area contributed by atoms with Gasteiger partial charge in [-0.15, -0.1) is 0 Å². The molecule has 1 aromatic rings. The predicted octanol–water partition coefficient (Wildman–Crippen LogP) is 4.15. The molecule has 0 aliphatic heterocycles. The zero-order valence-corrected chi connectivity index (χ0v) is 10.1. The van der Waals surface area contributed by atoms with Crippen molar-refractivity contribution in [2.24, 2.45) is 0 Å². The van der Waals surface area contributed by atoms with Crippen molar-refractivity contribution >= 4 is 5.78 Å². The first-order valence-electron chi connectivity index (χ1n) is 5.74. The highest BCUT2D eigenvalue weighted by Gasteiger charge is 1.94. The molecule has 0 aliphatic carbocycles. The van der Waals surface area contributed by atoms with Gasteiger partial charge in [0.05, 0.1) is 0 Å². The average Bonchev–Trinajstić information content (AvgIpc) is 2.20. The lowest BCUT2D eigenvalue weighted by atomic mass is 10.1. The maximum atomic E-state index is 10.6. The topological polar surface area (TPSA) is 17.1 Å². The fourth-order valence-electron chi connectivity index (χ4n) is 1.22. The van der Waals surface area contributed by atoms with Crippen molar-refractivity contribution in [3.05, 3.63) is 35.9 Å². The standard InChI is InChI=1S/C7H14O.C7H8/c1-3-5-7(8)6-4-2;1-7-5-3-2-4-6-7/h3-6H2,1-2H3;2-6H,1H3. The zero-order chi connectivity index (χ0) is 11.5. The number of hydrogen-bond donors (Lipinski definition) is 0. The first-order chi connectivity index (χ1) is 7.20. The number of carbonyl (C=O) groups excluding carboxylic acids is 1. The summed E-state index contributed by atoms with van der Waals surface area (Å²) in [6, 6.07) is 10.3. The minimum atomic E-state index is 0.412. The van der Waals surface area contributed by atoms with E-state index < -0.39 is 0 Å². The summed E-state index contributed by atoms with van der Waals surface area (Å²) in [5.41, 5.74) is 1.32. The molecule has 1 nitrogen and oxygen atoms in total. The Labute approximate surface area is 93.5 Å². The van der Waals surface area contributed by atoms with Gasteiger partial charge in [0.2, 0.25) is 0 Å². The van der Waals surface area contributed by atoms with Crippen LogP contribution in [0.25, 0.3) is 0 Å². The Kier molecular flexibility index (Phi) is 8.75. The van der Waals surface area contributed by atoms with Crippen LogP contribution in [0, 0.1) is 6.92 Å². The molecule has 0 saturated carbocycles. The van der Waals surface area contributed by atoms with Gasteiger partial charge in [-0.05, 0) is 19.8 Å². The number of ketones is 1. The van der Waals surface area contributed by atoms with E-state index in [1.165, 1.54) is 5.56 Å². The highest BCUT2D eigenvalue weighted by molar-refractivity contribution is 5.78. The molecule has 0 amide bonds. The van der Waals surface area contributed by atoms with Gasteiger partial charge in [-0.2, -0.15) is 0 Å². The number of benzene rings is 1. The van der Waals surface area contributed by atoms with E-state index in [0.717, 1.165) is 25.7 Å². The summed E-state index contributed by atoms with van der Waals surface area (Å²) in [5, 5.41) is 0. The molecule has 1 rings (SSSR count). The number of rotatable bonds is 4. The molecule has 0 unspecified atom stereocenters. The summed E-state index contributed by atoms with van der Waals surface area (Å²) >= 11 is 0. The first-order valence-corrected chi connectivity index (χ1v) is 5.74. The quantitative estimate of drug-likeness (QED) is 0.723. The van der Waals surface area contributed by atoms with Gasteiger partial charge in [0, 0.05) is 12.8 Å². The van der Waals surface area contributed by atoms with Gasteiger partial charge in [0.15, 0.2) is 0 Å². The Hall–Kier alpha value is -1.11. The maximum Gasteiger partial charge on any atom is 0.132 e. The third-order valence-corrected chi connectivity index (χ3v) is 2.00. The van der Waals surface area contributed by atoms with Crippen molar-refractivity contribution in [1.29, 1.82) is 0 Å². The number of aryl methyl sites for hydroxylation is 1. The van der Waals surface area contributed by atoms with Gasteiger partial charge in [-0.1, -0.05) is 49.7 Å². The second-order valence-corrected chi connectivity index (χ2v) is 3.69. The van der Waals surface area contributed by atoms with Crippen molar-refractivity contribution in [3.63, 3.8) is 0 Å². The van der Waals surface area contributed by atoms with Crippen molar-refractivity contribution in [3.8, 4) is 0 Å². The van der Waals surface area contributed by atoms with Crippen LogP contribution in [-0.4, -0.2) is 5.78 Å². The van der Waals surface area contributed by atoms with Crippen LogP contribution in [0.3, 0.4) is 0 Å². The Morgan fingerprint density at radius 3 is 1.73 bits per heavy atom. The van der Waals surface area contributed by atoms with Crippen LogP contribution in [0.5, 0.6) is 0 Å². The van der Waals surface area contributed by atoms with Gasteiger partial charge >= 0.3 is 0 Å². The van der Waals surface area contributed by atoms with E-state index in [-0.39, 0.29) is 0 Å². The predicted molar refractivity (Wildman–Crippen MR) is 66.0 cm³/mol. The summed E-state index contributed by atoms with van der Waals surface area (Å²) in [6.45, 7) is 6.15. The third kappa shape index (κ3) is 9.20. The molecule has 0 aliphatic rings. The molecular weight excluding hydrogens is 184 g/mol. The maximum absolute atomic E-state index is 10.6. The van der Waals surface area contributed by atoms with Crippen molar-refractivity contribution in [2.75, 3.05) is 0 Å². The Morgan fingerprint density at radius 1 is 1.00 bits per heavy atom. The number of Topliss-reactive ketones (excluding diaryl/α,β-unsaturated/α-hetero) is 1. The minimum absolute atomic E-state index is 0.412. The molecule has 0 N–H and O–H groups in total. The smallest absolute Gasteiger partial charge is 0.132 e. The van der Waals surface area contributed by atoms with Crippen LogP contribution < -0.4 is 0 Å². The van der Waals surface area contributed by atoms with Gasteiger partial charge < -0.3 is 0 Å². The molecule has 0 heterocycles. The summed E-state index contributed by atoms with van der Waals surface area (Å²) in [5.74, 6) is 0.412. The van der Waals surface area contributed by atoms with E-state index in [2.05, 4.69) is 19.1 Å². The van der Waals surface area contributed by atoms with Gasteiger partial charge in [-0.3, -0.25) is 4.79 Å². The number of carbonyl (C=O) groups is 1. The molecule has 1 aromatic carbocycles. The second kappa shape index (κ2) is 9.45. The SMILES string of the molecule is CCCC(=O)CCC.Cc1ccccc1. The molecule has 0 bridgehead atoms. The van der Waals surface area contributed by atoms with Crippen LogP contribution >= 0.6 is 0 Å². The largest absolute Gasteiger partial charge is 0.300 e. The van der Waals surface area contributed by atoms with Crippen LogP contribution in [0.2, 0.25) is 0 Å². The Morgan fingerprint density at radius 2 is 1.47 bits per heavy atom. The monoisotopic (exact) mass is 206 g/mol. The highest BCUT2D eigenvalue weighted by atomic mass is 16.1. The average molecular weight is 206 g/mol. The van der Waals surface area contributed by atoms with E-state index in [1.54, 1.807) is 0 Å².